The minimum atomic E-state index is -0.919. The van der Waals surface area contributed by atoms with E-state index in [0.29, 0.717) is 0 Å². The zero-order valence-corrected chi connectivity index (χ0v) is 6.99. The Balaban J connectivity index is 1.92. The highest BCUT2D eigenvalue weighted by Gasteiger charge is 2.39. The Bertz CT molecular complexity index is 143. The second-order valence-corrected chi connectivity index (χ2v) is 3.42. The summed E-state index contributed by atoms with van der Waals surface area (Å²) in [6.07, 6.45) is 4.28. The van der Waals surface area contributed by atoms with Gasteiger partial charge in [-0.1, -0.05) is 6.42 Å². The van der Waals surface area contributed by atoms with Gasteiger partial charge in [0.2, 0.25) is 12.1 Å². The molecule has 1 saturated heterocycles. The summed E-state index contributed by atoms with van der Waals surface area (Å²) < 4.78 is 5.42. The summed E-state index contributed by atoms with van der Waals surface area (Å²) in [4.78, 5) is 9.75. The molecule has 1 spiro atoms. The van der Waals surface area contributed by atoms with Gasteiger partial charge in [-0.15, -0.1) is 0 Å². The molecule has 1 aliphatic heterocycles. The lowest BCUT2D eigenvalue weighted by Gasteiger charge is -2.39. The molecular weight excluding hydrogens is 160 g/mol. The lowest BCUT2D eigenvalue weighted by molar-refractivity contribution is -0.517. The van der Waals surface area contributed by atoms with Crippen LogP contribution in [0.15, 0.2) is 0 Å². The van der Waals surface area contributed by atoms with E-state index in [-0.39, 0.29) is 6.61 Å². The molecule has 1 unspecified atom stereocenters. The Morgan fingerprint density at radius 1 is 1.17 bits per heavy atom. The van der Waals surface area contributed by atoms with Crippen molar-refractivity contribution in [3.63, 3.8) is 0 Å². The molecule has 1 atom stereocenters. The molecule has 0 aromatic carbocycles. The van der Waals surface area contributed by atoms with Crippen LogP contribution in [0.3, 0.4) is 0 Å². The molecule has 0 aromatic heterocycles. The van der Waals surface area contributed by atoms with Crippen molar-refractivity contribution in [3.05, 3.63) is 0 Å². The highest BCUT2D eigenvalue weighted by molar-refractivity contribution is 4.75. The zero-order valence-electron chi connectivity index (χ0n) is 6.99. The Labute approximate surface area is 71.3 Å². The molecule has 0 radical (unpaired) electrons. The van der Waals surface area contributed by atoms with E-state index in [1.807, 2.05) is 0 Å². The molecule has 1 N–H and O–H groups in total. The number of aliphatic hydroxyl groups excluding tert-OH is 1. The summed E-state index contributed by atoms with van der Waals surface area (Å²) in [6, 6.07) is 0. The fourth-order valence-corrected chi connectivity index (χ4v) is 1.74. The van der Waals surface area contributed by atoms with E-state index in [9.17, 15) is 0 Å². The average Bonchev–Trinajstić information content (AvgIpc) is 2.13. The molecule has 1 saturated carbocycles. The van der Waals surface area contributed by atoms with Gasteiger partial charge in [0, 0.05) is 12.8 Å². The van der Waals surface area contributed by atoms with Crippen LogP contribution >= 0.6 is 0 Å². The van der Waals surface area contributed by atoms with Crippen molar-refractivity contribution in [1.29, 1.82) is 0 Å². The van der Waals surface area contributed by atoms with Crippen molar-refractivity contribution in [2.75, 3.05) is 6.61 Å². The fraction of sp³-hybridized carbons (Fsp3) is 1.00. The van der Waals surface area contributed by atoms with Gasteiger partial charge in [-0.25, -0.2) is 0 Å². The smallest absolute Gasteiger partial charge is 0.212 e. The molecule has 1 aliphatic carbocycles. The van der Waals surface area contributed by atoms with Crippen LogP contribution in [0, 0.1) is 0 Å². The normalized spacial score (nSPS) is 35.2. The van der Waals surface area contributed by atoms with Gasteiger partial charge in [-0.3, -0.25) is 0 Å². The molecule has 0 amide bonds. The fourth-order valence-electron chi connectivity index (χ4n) is 1.74. The van der Waals surface area contributed by atoms with Crippen LogP contribution in [-0.4, -0.2) is 23.8 Å². The first-order valence-corrected chi connectivity index (χ1v) is 4.47. The van der Waals surface area contributed by atoms with Crippen molar-refractivity contribution in [1.82, 2.24) is 0 Å². The summed E-state index contributed by atoms with van der Waals surface area (Å²) in [7, 11) is 0. The third-order valence-corrected chi connectivity index (χ3v) is 2.42. The van der Waals surface area contributed by atoms with E-state index in [2.05, 4.69) is 0 Å². The van der Waals surface area contributed by atoms with Crippen LogP contribution in [0.4, 0.5) is 0 Å². The van der Waals surface area contributed by atoms with Gasteiger partial charge in [0.1, 0.15) is 6.61 Å². The molecule has 2 rings (SSSR count). The van der Waals surface area contributed by atoms with Gasteiger partial charge >= 0.3 is 0 Å². The Morgan fingerprint density at radius 3 is 2.50 bits per heavy atom. The maximum Gasteiger partial charge on any atom is 0.212 e. The van der Waals surface area contributed by atoms with E-state index in [1.165, 1.54) is 6.42 Å². The van der Waals surface area contributed by atoms with Crippen molar-refractivity contribution >= 4 is 0 Å². The molecule has 1 heterocycles. The van der Waals surface area contributed by atoms with Crippen molar-refractivity contribution < 1.29 is 19.6 Å². The summed E-state index contributed by atoms with van der Waals surface area (Å²) in [5.74, 6) is -0.544. The van der Waals surface area contributed by atoms with Crippen LogP contribution in [0.1, 0.15) is 32.1 Å². The summed E-state index contributed by atoms with van der Waals surface area (Å²) in [5, 5.41) is 8.95. The Hall–Kier alpha value is -0.160. The zero-order chi connectivity index (χ0) is 8.44. The third-order valence-electron chi connectivity index (χ3n) is 2.42. The van der Waals surface area contributed by atoms with Gasteiger partial charge in [-0.2, -0.15) is 9.78 Å². The SMILES string of the molecule is OC1COC2(CCCCC2)OO1. The molecule has 4 heteroatoms. The third kappa shape index (κ3) is 1.61. The standard InChI is InChI=1S/C8H14O4/c9-7-6-10-8(12-11-7)4-2-1-3-5-8/h7,9H,1-6H2. The van der Waals surface area contributed by atoms with E-state index in [4.69, 9.17) is 19.6 Å². The summed E-state index contributed by atoms with van der Waals surface area (Å²) >= 11 is 0. The second kappa shape index (κ2) is 3.30. The molecule has 70 valence electrons. The molecule has 4 nitrogen and oxygen atoms in total. The van der Waals surface area contributed by atoms with E-state index >= 15 is 0 Å². The van der Waals surface area contributed by atoms with Gasteiger partial charge in [0.25, 0.3) is 0 Å². The topological polar surface area (TPSA) is 47.9 Å². The van der Waals surface area contributed by atoms with Crippen molar-refractivity contribution in [2.24, 2.45) is 0 Å². The minimum absolute atomic E-state index is 0.222. The lowest BCUT2D eigenvalue weighted by Crippen LogP contribution is -2.46. The lowest BCUT2D eigenvalue weighted by atomic mass is 9.94. The molecule has 2 fully saturated rings. The highest BCUT2D eigenvalue weighted by Crippen LogP contribution is 2.35. The molecule has 12 heavy (non-hydrogen) atoms. The number of rotatable bonds is 0. The monoisotopic (exact) mass is 174 g/mol. The average molecular weight is 174 g/mol. The number of hydrogen-bond donors (Lipinski definition) is 1. The largest absolute Gasteiger partial charge is 0.364 e. The second-order valence-electron chi connectivity index (χ2n) is 3.42. The number of ether oxygens (including phenoxy) is 1. The quantitative estimate of drug-likeness (QED) is 0.555. The predicted molar refractivity (Wildman–Crippen MR) is 39.9 cm³/mol. The van der Waals surface area contributed by atoms with Crippen LogP contribution in [-0.2, 0) is 14.5 Å². The summed E-state index contributed by atoms with van der Waals surface area (Å²) in [6.45, 7) is 0.222. The van der Waals surface area contributed by atoms with Crippen LogP contribution in [0.5, 0.6) is 0 Å². The molecule has 2 aliphatic rings. The molecule has 0 bridgehead atoms. The van der Waals surface area contributed by atoms with Crippen molar-refractivity contribution in [2.45, 2.75) is 44.2 Å². The van der Waals surface area contributed by atoms with Crippen LogP contribution in [0.2, 0.25) is 0 Å². The highest BCUT2D eigenvalue weighted by atomic mass is 17.3. The van der Waals surface area contributed by atoms with E-state index in [0.717, 1.165) is 25.7 Å². The summed E-state index contributed by atoms with van der Waals surface area (Å²) in [5.41, 5.74) is 0. The van der Waals surface area contributed by atoms with Gasteiger partial charge in [0.15, 0.2) is 0 Å². The minimum Gasteiger partial charge on any atom is -0.364 e. The predicted octanol–water partition coefficient (Wildman–Crippen LogP) is 0.944. The molecular formula is C8H14O4. The Morgan fingerprint density at radius 2 is 1.92 bits per heavy atom. The van der Waals surface area contributed by atoms with Gasteiger partial charge in [0.05, 0.1) is 0 Å². The first-order valence-electron chi connectivity index (χ1n) is 4.47. The Kier molecular flexibility index (Phi) is 2.32. The first-order chi connectivity index (χ1) is 5.81. The van der Waals surface area contributed by atoms with E-state index in [1.54, 1.807) is 0 Å². The van der Waals surface area contributed by atoms with Gasteiger partial charge < -0.3 is 9.84 Å². The maximum absolute atomic E-state index is 8.95. The van der Waals surface area contributed by atoms with E-state index < -0.39 is 12.1 Å². The van der Waals surface area contributed by atoms with Crippen molar-refractivity contribution in [3.8, 4) is 0 Å². The van der Waals surface area contributed by atoms with Crippen LogP contribution in [0.25, 0.3) is 0 Å². The number of hydrogen-bond acceptors (Lipinski definition) is 4. The van der Waals surface area contributed by atoms with Gasteiger partial charge in [-0.05, 0) is 12.8 Å². The van der Waals surface area contributed by atoms with Crippen LogP contribution < -0.4 is 0 Å². The maximum atomic E-state index is 8.95. The first kappa shape index (κ1) is 8.44. The number of aliphatic hydroxyl groups is 1. The molecule has 0 aromatic rings.